The van der Waals surface area contributed by atoms with Crippen LogP contribution in [0.3, 0.4) is 0 Å². The number of unbranched alkanes of at least 4 members (excludes halogenated alkanes) is 1. The highest BCUT2D eigenvalue weighted by atomic mass is 32.2. The molecular formula is C20H22FN3S3. The molecule has 0 aromatic heterocycles. The zero-order valence-corrected chi connectivity index (χ0v) is 17.6. The number of anilines is 1. The van der Waals surface area contributed by atoms with E-state index in [0.29, 0.717) is 10.8 Å². The fraction of sp³-hybridized carbons (Fsp3) is 0.300. The zero-order valence-electron chi connectivity index (χ0n) is 15.2. The second-order valence-corrected chi connectivity index (χ2v) is 8.65. The first-order valence-corrected chi connectivity index (χ1v) is 11.3. The third kappa shape index (κ3) is 5.96. The summed E-state index contributed by atoms with van der Waals surface area (Å²) in [7, 11) is 0. The molecule has 1 fully saturated rings. The summed E-state index contributed by atoms with van der Waals surface area (Å²) in [6, 6.07) is 14.6. The van der Waals surface area contributed by atoms with E-state index in [4.69, 9.17) is 17.2 Å². The van der Waals surface area contributed by atoms with E-state index in [1.165, 1.54) is 29.9 Å². The molecule has 0 amide bonds. The normalized spacial score (nSPS) is 15.3. The predicted molar refractivity (Wildman–Crippen MR) is 121 cm³/mol. The molecule has 142 valence electrons. The van der Waals surface area contributed by atoms with Crippen molar-refractivity contribution in [3.63, 3.8) is 0 Å². The Hall–Kier alpha value is -1.57. The summed E-state index contributed by atoms with van der Waals surface area (Å²) in [6.07, 6.45) is 2.45. The average molecular weight is 420 g/mol. The van der Waals surface area contributed by atoms with Gasteiger partial charge in [0.15, 0.2) is 10.3 Å². The van der Waals surface area contributed by atoms with Crippen molar-refractivity contribution < 1.29 is 4.39 Å². The lowest BCUT2D eigenvalue weighted by Gasteiger charge is -2.20. The molecule has 2 aromatic carbocycles. The van der Waals surface area contributed by atoms with Crippen molar-refractivity contribution in [1.82, 2.24) is 4.90 Å². The van der Waals surface area contributed by atoms with Gasteiger partial charge in [-0.25, -0.2) is 9.38 Å². The van der Waals surface area contributed by atoms with Crippen LogP contribution in [0.2, 0.25) is 0 Å². The topological polar surface area (TPSA) is 27.6 Å². The quantitative estimate of drug-likeness (QED) is 0.344. The molecule has 1 heterocycles. The molecule has 1 aliphatic heterocycles. The molecule has 27 heavy (non-hydrogen) atoms. The van der Waals surface area contributed by atoms with Crippen molar-refractivity contribution >= 4 is 57.4 Å². The highest BCUT2D eigenvalue weighted by Crippen LogP contribution is 2.26. The van der Waals surface area contributed by atoms with Gasteiger partial charge in [0.25, 0.3) is 0 Å². The number of nitrogens with zero attached hydrogens (tertiary/aromatic N) is 2. The molecule has 1 N–H and O–H groups in total. The Bertz CT molecular complexity index is 808. The van der Waals surface area contributed by atoms with E-state index < -0.39 is 0 Å². The molecular weight excluding hydrogens is 397 g/mol. The SMILES string of the molecule is CCCCSc1ccc(N=C2SCCN2C(=S)Nc2cccc(F)c2)cc1. The van der Waals surface area contributed by atoms with Gasteiger partial charge >= 0.3 is 0 Å². The minimum absolute atomic E-state index is 0.288. The first kappa shape index (κ1) is 20.2. The van der Waals surface area contributed by atoms with Crippen molar-refractivity contribution in [1.29, 1.82) is 0 Å². The number of thiocarbonyl (C=S) groups is 1. The van der Waals surface area contributed by atoms with Gasteiger partial charge in [-0.05, 0) is 66.9 Å². The van der Waals surface area contributed by atoms with E-state index in [2.05, 4.69) is 24.4 Å². The maximum Gasteiger partial charge on any atom is 0.179 e. The Morgan fingerprint density at radius 1 is 1.30 bits per heavy atom. The van der Waals surface area contributed by atoms with Gasteiger partial charge in [0, 0.05) is 22.9 Å². The van der Waals surface area contributed by atoms with E-state index in [1.807, 2.05) is 28.8 Å². The molecule has 0 spiro atoms. The number of hydrogen-bond acceptors (Lipinski definition) is 4. The van der Waals surface area contributed by atoms with Crippen LogP contribution in [0.4, 0.5) is 15.8 Å². The number of thioether (sulfide) groups is 2. The fourth-order valence-electron chi connectivity index (χ4n) is 2.50. The third-order valence-corrected chi connectivity index (χ3v) is 6.30. The number of rotatable bonds is 6. The van der Waals surface area contributed by atoms with Crippen LogP contribution < -0.4 is 5.32 Å². The molecule has 0 aliphatic carbocycles. The Morgan fingerprint density at radius 2 is 2.11 bits per heavy atom. The molecule has 3 nitrogen and oxygen atoms in total. The van der Waals surface area contributed by atoms with E-state index >= 15 is 0 Å². The van der Waals surface area contributed by atoms with Crippen molar-refractivity contribution in [3.8, 4) is 0 Å². The number of hydrogen-bond donors (Lipinski definition) is 1. The lowest BCUT2D eigenvalue weighted by Crippen LogP contribution is -2.35. The van der Waals surface area contributed by atoms with Crippen LogP contribution >= 0.6 is 35.7 Å². The fourth-order valence-corrected chi connectivity index (χ4v) is 4.82. The maximum absolute atomic E-state index is 13.4. The molecule has 3 rings (SSSR count). The lowest BCUT2D eigenvalue weighted by molar-refractivity contribution is 0.628. The Labute approximate surface area is 173 Å². The van der Waals surface area contributed by atoms with Gasteiger partial charge in [-0.15, -0.1) is 11.8 Å². The molecule has 1 saturated heterocycles. The minimum Gasteiger partial charge on any atom is -0.332 e. The zero-order chi connectivity index (χ0) is 19.1. The van der Waals surface area contributed by atoms with Gasteiger partial charge in [0.05, 0.1) is 5.69 Å². The molecule has 1 aliphatic rings. The van der Waals surface area contributed by atoms with Crippen LogP contribution in [0.25, 0.3) is 0 Å². The molecule has 0 bridgehead atoms. The third-order valence-electron chi connectivity index (χ3n) is 3.93. The van der Waals surface area contributed by atoms with Crippen LogP contribution in [0, 0.1) is 5.82 Å². The summed E-state index contributed by atoms with van der Waals surface area (Å²) in [5.41, 5.74) is 1.56. The molecule has 2 aromatic rings. The summed E-state index contributed by atoms with van der Waals surface area (Å²) in [5, 5.41) is 4.51. The number of nitrogens with one attached hydrogen (secondary N) is 1. The summed E-state index contributed by atoms with van der Waals surface area (Å²) in [5.74, 6) is 1.78. The van der Waals surface area contributed by atoms with Gasteiger partial charge in [-0.3, -0.25) is 4.90 Å². The van der Waals surface area contributed by atoms with Gasteiger partial charge < -0.3 is 5.32 Å². The predicted octanol–water partition coefficient (Wildman–Crippen LogP) is 6.15. The monoisotopic (exact) mass is 419 g/mol. The van der Waals surface area contributed by atoms with Gasteiger partial charge in [0.1, 0.15) is 5.82 Å². The second kappa shape index (κ2) is 10.1. The number of aliphatic imine (C=N–C) groups is 1. The number of benzene rings is 2. The van der Waals surface area contributed by atoms with E-state index in [0.717, 1.165) is 28.9 Å². The molecule has 7 heteroatoms. The van der Waals surface area contributed by atoms with E-state index in [-0.39, 0.29) is 5.82 Å². The van der Waals surface area contributed by atoms with Crippen LogP contribution in [0.1, 0.15) is 19.8 Å². The first-order chi connectivity index (χ1) is 13.2. The van der Waals surface area contributed by atoms with Crippen molar-refractivity contribution in [2.45, 2.75) is 24.7 Å². The first-order valence-electron chi connectivity index (χ1n) is 8.94. The Balaban J connectivity index is 1.65. The smallest absolute Gasteiger partial charge is 0.179 e. The van der Waals surface area contributed by atoms with Crippen LogP contribution in [-0.4, -0.2) is 33.2 Å². The van der Waals surface area contributed by atoms with Crippen molar-refractivity contribution in [2.24, 2.45) is 4.99 Å². The number of halogens is 1. The van der Waals surface area contributed by atoms with E-state index in [1.54, 1.807) is 23.9 Å². The standard InChI is InChI=1S/C20H22FN3S3/c1-2-3-12-26-18-9-7-16(8-10-18)23-20-24(11-13-27-20)19(25)22-17-6-4-5-15(21)14-17/h4-10,14H,2-3,11-13H2,1H3,(H,22,25). The van der Waals surface area contributed by atoms with Gasteiger partial charge in [-0.1, -0.05) is 31.2 Å². The van der Waals surface area contributed by atoms with Gasteiger partial charge in [0.2, 0.25) is 0 Å². The highest BCUT2D eigenvalue weighted by Gasteiger charge is 2.23. The lowest BCUT2D eigenvalue weighted by atomic mass is 10.3. The van der Waals surface area contributed by atoms with Gasteiger partial charge in [-0.2, -0.15) is 0 Å². The Kier molecular flexibility index (Phi) is 7.55. The summed E-state index contributed by atoms with van der Waals surface area (Å²) in [4.78, 5) is 7.99. The Morgan fingerprint density at radius 3 is 2.85 bits per heavy atom. The van der Waals surface area contributed by atoms with Crippen LogP contribution in [0.15, 0.2) is 58.4 Å². The van der Waals surface area contributed by atoms with Crippen LogP contribution in [-0.2, 0) is 0 Å². The van der Waals surface area contributed by atoms with E-state index in [9.17, 15) is 4.39 Å². The second-order valence-electron chi connectivity index (χ2n) is 6.03. The molecule has 0 atom stereocenters. The largest absolute Gasteiger partial charge is 0.332 e. The molecule has 0 saturated carbocycles. The highest BCUT2D eigenvalue weighted by molar-refractivity contribution is 8.14. The minimum atomic E-state index is -0.288. The summed E-state index contributed by atoms with van der Waals surface area (Å²) < 4.78 is 13.4. The molecule has 0 unspecified atom stereocenters. The van der Waals surface area contributed by atoms with Crippen molar-refractivity contribution in [2.75, 3.05) is 23.4 Å². The molecule has 0 radical (unpaired) electrons. The summed E-state index contributed by atoms with van der Waals surface area (Å²) in [6.45, 7) is 2.99. The average Bonchev–Trinajstić information content (AvgIpc) is 3.12. The maximum atomic E-state index is 13.4. The number of amidine groups is 1. The summed E-state index contributed by atoms with van der Waals surface area (Å²) >= 11 is 9.06. The van der Waals surface area contributed by atoms with Crippen LogP contribution in [0.5, 0.6) is 0 Å². The van der Waals surface area contributed by atoms with Crippen molar-refractivity contribution in [3.05, 3.63) is 54.3 Å².